The van der Waals surface area contributed by atoms with Crippen molar-refractivity contribution in [1.29, 1.82) is 0 Å². The first-order chi connectivity index (χ1) is 7.27. The van der Waals surface area contributed by atoms with Crippen LogP contribution < -0.4 is 5.56 Å². The van der Waals surface area contributed by atoms with Gasteiger partial charge in [0.1, 0.15) is 5.69 Å². The Labute approximate surface area is 85.5 Å². The fourth-order valence-corrected chi connectivity index (χ4v) is 1.21. The number of hydrogen-bond acceptors (Lipinski definition) is 2. The maximum absolute atomic E-state index is 12.3. The van der Waals surface area contributed by atoms with Gasteiger partial charge in [0.25, 0.3) is 6.43 Å². The van der Waals surface area contributed by atoms with Gasteiger partial charge in [-0.2, -0.15) is 13.2 Å². The van der Waals surface area contributed by atoms with Crippen molar-refractivity contribution in [2.24, 2.45) is 0 Å². The lowest BCUT2D eigenvalue weighted by Gasteiger charge is -2.14. The molecule has 90 valence electrons. The van der Waals surface area contributed by atoms with Gasteiger partial charge in [0.15, 0.2) is 0 Å². The first-order valence-electron chi connectivity index (χ1n) is 3.99. The summed E-state index contributed by atoms with van der Waals surface area (Å²) in [6.45, 7) is -1.23. The Balaban J connectivity index is 3.55. The Hall–Kier alpha value is -1.44. The van der Waals surface area contributed by atoms with Gasteiger partial charge in [0.05, 0.1) is 6.61 Å². The first-order valence-corrected chi connectivity index (χ1v) is 3.99. The van der Waals surface area contributed by atoms with Crippen LogP contribution in [0.2, 0.25) is 0 Å². The summed E-state index contributed by atoms with van der Waals surface area (Å²) in [5, 5.41) is 8.65. The molecule has 0 bridgehead atoms. The molecule has 0 aliphatic rings. The van der Waals surface area contributed by atoms with Crippen molar-refractivity contribution in [2.45, 2.75) is 19.2 Å². The number of aliphatic hydroxyl groups is 1. The third kappa shape index (κ3) is 2.38. The van der Waals surface area contributed by atoms with E-state index >= 15 is 0 Å². The van der Waals surface area contributed by atoms with E-state index in [0.29, 0.717) is 6.07 Å². The normalized spacial score (nSPS) is 12.2. The summed E-state index contributed by atoms with van der Waals surface area (Å²) in [6.07, 6.45) is -8.26. The number of aromatic amines is 1. The summed E-state index contributed by atoms with van der Waals surface area (Å²) >= 11 is 0. The molecule has 1 aromatic rings. The zero-order valence-corrected chi connectivity index (χ0v) is 7.61. The molecule has 1 rings (SSSR count). The molecule has 0 radical (unpaired) electrons. The van der Waals surface area contributed by atoms with Gasteiger partial charge in [0, 0.05) is 17.2 Å². The van der Waals surface area contributed by atoms with Crippen molar-refractivity contribution < 1.29 is 27.1 Å². The lowest BCUT2D eigenvalue weighted by molar-refractivity contribution is -0.142. The second-order valence-electron chi connectivity index (χ2n) is 2.90. The van der Waals surface area contributed by atoms with Crippen molar-refractivity contribution in [1.82, 2.24) is 4.98 Å². The van der Waals surface area contributed by atoms with Crippen molar-refractivity contribution >= 4 is 0 Å². The van der Waals surface area contributed by atoms with E-state index < -0.39 is 41.6 Å². The van der Waals surface area contributed by atoms with Crippen LogP contribution in [0, 0.1) is 0 Å². The summed E-state index contributed by atoms with van der Waals surface area (Å²) < 4.78 is 61.7. The van der Waals surface area contributed by atoms with Crippen molar-refractivity contribution in [3.05, 3.63) is 33.2 Å². The SMILES string of the molecule is O=c1cc(C(F)F)c(CO)c(C(F)(F)F)[nH]1. The van der Waals surface area contributed by atoms with Gasteiger partial charge < -0.3 is 10.1 Å². The third-order valence-electron chi connectivity index (χ3n) is 1.86. The highest BCUT2D eigenvalue weighted by molar-refractivity contribution is 5.32. The number of aliphatic hydroxyl groups excluding tert-OH is 1. The zero-order chi connectivity index (χ0) is 12.5. The Morgan fingerprint density at radius 1 is 1.38 bits per heavy atom. The molecule has 0 aliphatic heterocycles. The maximum Gasteiger partial charge on any atom is 0.431 e. The quantitative estimate of drug-likeness (QED) is 0.778. The van der Waals surface area contributed by atoms with E-state index in [9.17, 15) is 26.7 Å². The molecule has 0 spiro atoms. The van der Waals surface area contributed by atoms with E-state index in [4.69, 9.17) is 5.11 Å². The van der Waals surface area contributed by atoms with Crippen LogP contribution in [-0.4, -0.2) is 10.1 Å². The maximum atomic E-state index is 12.3. The number of alkyl halides is 5. The Morgan fingerprint density at radius 2 is 1.94 bits per heavy atom. The van der Waals surface area contributed by atoms with Crippen LogP contribution in [-0.2, 0) is 12.8 Å². The second kappa shape index (κ2) is 4.20. The summed E-state index contributed by atoms with van der Waals surface area (Å²) in [5.74, 6) is 0. The highest BCUT2D eigenvalue weighted by Gasteiger charge is 2.36. The van der Waals surface area contributed by atoms with Gasteiger partial charge in [0.2, 0.25) is 5.56 Å². The van der Waals surface area contributed by atoms with E-state index in [1.165, 1.54) is 4.98 Å². The van der Waals surface area contributed by atoms with Crippen molar-refractivity contribution in [3.8, 4) is 0 Å². The molecule has 0 aromatic carbocycles. The molecule has 2 N–H and O–H groups in total. The number of halogens is 5. The van der Waals surface area contributed by atoms with E-state index in [1.54, 1.807) is 0 Å². The van der Waals surface area contributed by atoms with Crippen LogP contribution in [0.3, 0.4) is 0 Å². The summed E-state index contributed by atoms with van der Waals surface area (Å²) in [7, 11) is 0. The van der Waals surface area contributed by atoms with Gasteiger partial charge in [-0.15, -0.1) is 0 Å². The van der Waals surface area contributed by atoms with Gasteiger partial charge in [-0.25, -0.2) is 8.78 Å². The van der Waals surface area contributed by atoms with Gasteiger partial charge in [-0.05, 0) is 0 Å². The van der Waals surface area contributed by atoms with Crippen LogP contribution in [0.1, 0.15) is 23.2 Å². The summed E-state index contributed by atoms with van der Waals surface area (Å²) in [5.41, 5.74) is -5.06. The Bertz CT molecular complexity index is 437. The molecule has 1 heterocycles. The van der Waals surface area contributed by atoms with Crippen LogP contribution in [0.25, 0.3) is 0 Å². The fraction of sp³-hybridized carbons (Fsp3) is 0.375. The molecule has 0 saturated carbocycles. The Morgan fingerprint density at radius 3 is 2.31 bits per heavy atom. The molecular weight excluding hydrogens is 237 g/mol. The van der Waals surface area contributed by atoms with Crippen molar-refractivity contribution in [2.75, 3.05) is 0 Å². The number of pyridine rings is 1. The van der Waals surface area contributed by atoms with E-state index in [1.807, 2.05) is 0 Å². The van der Waals surface area contributed by atoms with Gasteiger partial charge in [-0.1, -0.05) is 0 Å². The molecule has 0 unspecified atom stereocenters. The predicted octanol–water partition coefficient (Wildman–Crippen LogP) is 1.82. The molecule has 16 heavy (non-hydrogen) atoms. The molecular formula is C8H6F5NO2. The van der Waals surface area contributed by atoms with E-state index in [2.05, 4.69) is 0 Å². The van der Waals surface area contributed by atoms with Crippen LogP contribution in [0.4, 0.5) is 22.0 Å². The van der Waals surface area contributed by atoms with Crippen LogP contribution in [0.15, 0.2) is 10.9 Å². The minimum Gasteiger partial charge on any atom is -0.392 e. The zero-order valence-electron chi connectivity index (χ0n) is 7.61. The molecule has 0 saturated heterocycles. The molecule has 8 heteroatoms. The number of nitrogens with one attached hydrogen (secondary N) is 1. The predicted molar refractivity (Wildman–Crippen MR) is 42.9 cm³/mol. The molecule has 0 atom stereocenters. The lowest BCUT2D eigenvalue weighted by Crippen LogP contribution is -2.21. The first kappa shape index (κ1) is 12.6. The van der Waals surface area contributed by atoms with Crippen molar-refractivity contribution in [3.63, 3.8) is 0 Å². The second-order valence-corrected chi connectivity index (χ2v) is 2.90. The summed E-state index contributed by atoms with van der Waals surface area (Å²) in [6, 6.07) is 0.339. The molecule has 0 fully saturated rings. The van der Waals surface area contributed by atoms with Crippen LogP contribution >= 0.6 is 0 Å². The topological polar surface area (TPSA) is 53.1 Å². The average Bonchev–Trinajstić information content (AvgIpc) is 2.14. The van der Waals surface area contributed by atoms with Gasteiger partial charge >= 0.3 is 6.18 Å². The summed E-state index contributed by atoms with van der Waals surface area (Å²) in [4.78, 5) is 12.1. The highest BCUT2D eigenvalue weighted by Crippen LogP contribution is 2.33. The number of aromatic nitrogens is 1. The largest absolute Gasteiger partial charge is 0.431 e. The smallest absolute Gasteiger partial charge is 0.392 e. The third-order valence-corrected chi connectivity index (χ3v) is 1.86. The van der Waals surface area contributed by atoms with E-state index in [-0.39, 0.29) is 0 Å². The minimum absolute atomic E-state index is 0.339. The standard InChI is InChI=1S/C8H6F5NO2/c9-7(10)3-1-5(16)14-6(4(3)2-15)8(11,12)13/h1,7,15H,2H2,(H,14,16). The van der Waals surface area contributed by atoms with Gasteiger partial charge in [-0.3, -0.25) is 4.79 Å². The number of hydrogen-bond donors (Lipinski definition) is 2. The van der Waals surface area contributed by atoms with E-state index in [0.717, 1.165) is 0 Å². The minimum atomic E-state index is -5.00. The molecule has 1 aromatic heterocycles. The highest BCUT2D eigenvalue weighted by atomic mass is 19.4. The average molecular weight is 243 g/mol. The fourth-order valence-electron chi connectivity index (χ4n) is 1.21. The molecule has 3 nitrogen and oxygen atoms in total. The molecule has 0 amide bonds. The Kier molecular flexibility index (Phi) is 3.32. The number of rotatable bonds is 2. The number of H-pyrrole nitrogens is 1. The monoisotopic (exact) mass is 243 g/mol. The lowest BCUT2D eigenvalue weighted by atomic mass is 10.1. The molecule has 0 aliphatic carbocycles. The van der Waals surface area contributed by atoms with Crippen LogP contribution in [0.5, 0.6) is 0 Å².